The number of hydrogen-bond acceptors (Lipinski definition) is 4. The number of nitrogens with two attached hydrogens (primary N) is 1. The molecule has 0 spiro atoms. The Kier molecular flexibility index (Phi) is 3.15. The van der Waals surface area contributed by atoms with Crippen molar-refractivity contribution >= 4 is 11.3 Å². The molecule has 1 heterocycles. The van der Waals surface area contributed by atoms with E-state index in [1.807, 2.05) is 11.6 Å². The van der Waals surface area contributed by atoms with E-state index in [0.29, 0.717) is 18.1 Å². The van der Waals surface area contributed by atoms with Crippen LogP contribution in [0.3, 0.4) is 0 Å². The lowest BCUT2D eigenvalue weighted by molar-refractivity contribution is 0.456. The van der Waals surface area contributed by atoms with Gasteiger partial charge in [0.1, 0.15) is 5.01 Å². The van der Waals surface area contributed by atoms with E-state index in [4.69, 9.17) is 5.73 Å². The monoisotopic (exact) mass is 211 g/mol. The smallest absolute Gasteiger partial charge is 0.109 e. The highest BCUT2D eigenvalue weighted by Crippen LogP contribution is 2.22. The largest absolute Gasteiger partial charge is 0.328 e. The van der Waals surface area contributed by atoms with Gasteiger partial charge in [-0.25, -0.2) is 4.98 Å². The quantitative estimate of drug-likeness (QED) is 0.799. The minimum Gasteiger partial charge on any atom is -0.328 e. The lowest BCUT2D eigenvalue weighted by atomic mass is 10.2. The van der Waals surface area contributed by atoms with Gasteiger partial charge in [0.15, 0.2) is 0 Å². The lowest BCUT2D eigenvalue weighted by Crippen LogP contribution is -2.30. The van der Waals surface area contributed by atoms with E-state index in [1.54, 1.807) is 11.3 Å². The molecule has 4 heteroatoms. The van der Waals surface area contributed by atoms with Gasteiger partial charge in [0, 0.05) is 23.7 Å². The molecule has 0 aromatic carbocycles. The molecule has 1 aromatic heterocycles. The second kappa shape index (κ2) is 4.38. The molecule has 0 bridgehead atoms. The molecule has 3 unspecified atom stereocenters. The molecule has 0 amide bonds. The zero-order valence-electron chi connectivity index (χ0n) is 8.44. The highest BCUT2D eigenvalue weighted by atomic mass is 32.1. The van der Waals surface area contributed by atoms with Crippen LogP contribution in [-0.2, 0) is 0 Å². The number of thiazole rings is 1. The molecule has 1 aromatic rings. The first-order chi connectivity index (χ1) is 6.75. The first-order valence-corrected chi connectivity index (χ1v) is 6.04. The number of rotatable bonds is 3. The number of aromatic nitrogens is 1. The Labute approximate surface area is 88.7 Å². The van der Waals surface area contributed by atoms with E-state index in [9.17, 15) is 0 Å². The Balaban J connectivity index is 1.86. The van der Waals surface area contributed by atoms with E-state index in [2.05, 4.69) is 17.2 Å². The van der Waals surface area contributed by atoms with Crippen LogP contribution in [0.4, 0.5) is 0 Å². The molecule has 0 saturated heterocycles. The normalized spacial score (nSPS) is 29.3. The summed E-state index contributed by atoms with van der Waals surface area (Å²) in [5.74, 6) is 0. The van der Waals surface area contributed by atoms with Crippen molar-refractivity contribution in [2.24, 2.45) is 5.73 Å². The zero-order valence-corrected chi connectivity index (χ0v) is 9.26. The summed E-state index contributed by atoms with van der Waals surface area (Å²) in [7, 11) is 0. The van der Waals surface area contributed by atoms with Crippen LogP contribution in [0.2, 0.25) is 0 Å². The number of nitrogens with one attached hydrogen (secondary N) is 1. The molecule has 1 aliphatic rings. The Bertz CT molecular complexity index is 273. The third-order valence-corrected chi connectivity index (χ3v) is 3.74. The van der Waals surface area contributed by atoms with Crippen molar-refractivity contribution in [3.8, 4) is 0 Å². The summed E-state index contributed by atoms with van der Waals surface area (Å²) >= 11 is 1.71. The number of nitrogens with zero attached hydrogens (tertiary/aromatic N) is 1. The Morgan fingerprint density at radius 3 is 3.07 bits per heavy atom. The predicted molar refractivity (Wildman–Crippen MR) is 59.3 cm³/mol. The van der Waals surface area contributed by atoms with E-state index in [1.165, 1.54) is 11.4 Å². The zero-order chi connectivity index (χ0) is 9.97. The van der Waals surface area contributed by atoms with Crippen LogP contribution in [0.1, 0.15) is 37.2 Å². The fraction of sp³-hybridized carbons (Fsp3) is 0.700. The molecule has 3 atom stereocenters. The molecule has 0 radical (unpaired) electrons. The van der Waals surface area contributed by atoms with Crippen LogP contribution >= 0.6 is 11.3 Å². The third kappa shape index (κ3) is 2.32. The summed E-state index contributed by atoms with van der Waals surface area (Å²) < 4.78 is 0. The second-order valence-corrected chi connectivity index (χ2v) is 4.95. The van der Waals surface area contributed by atoms with Crippen LogP contribution in [0.25, 0.3) is 0 Å². The topological polar surface area (TPSA) is 50.9 Å². The fourth-order valence-electron chi connectivity index (χ4n) is 2.04. The summed E-state index contributed by atoms with van der Waals surface area (Å²) in [4.78, 5) is 4.30. The summed E-state index contributed by atoms with van der Waals surface area (Å²) in [5, 5.41) is 6.77. The lowest BCUT2D eigenvalue weighted by Gasteiger charge is -2.17. The molecular weight excluding hydrogens is 194 g/mol. The van der Waals surface area contributed by atoms with E-state index in [-0.39, 0.29) is 0 Å². The van der Waals surface area contributed by atoms with Gasteiger partial charge in [0.05, 0.1) is 6.04 Å². The molecule has 2 rings (SSSR count). The van der Waals surface area contributed by atoms with Gasteiger partial charge in [0.25, 0.3) is 0 Å². The Hall–Kier alpha value is -0.450. The van der Waals surface area contributed by atoms with Crippen molar-refractivity contribution in [2.45, 2.75) is 44.3 Å². The molecular formula is C10H17N3S. The van der Waals surface area contributed by atoms with Crippen molar-refractivity contribution in [2.75, 3.05) is 0 Å². The van der Waals surface area contributed by atoms with Crippen LogP contribution in [0.5, 0.6) is 0 Å². The summed E-state index contributed by atoms with van der Waals surface area (Å²) in [5.41, 5.74) is 5.87. The van der Waals surface area contributed by atoms with Crippen LogP contribution in [0, 0.1) is 0 Å². The van der Waals surface area contributed by atoms with Gasteiger partial charge in [-0.3, -0.25) is 0 Å². The average Bonchev–Trinajstić information content (AvgIpc) is 2.75. The van der Waals surface area contributed by atoms with E-state index >= 15 is 0 Å². The molecule has 3 nitrogen and oxygen atoms in total. The van der Waals surface area contributed by atoms with E-state index in [0.717, 1.165) is 12.8 Å². The van der Waals surface area contributed by atoms with Crippen molar-refractivity contribution in [3.63, 3.8) is 0 Å². The van der Waals surface area contributed by atoms with Crippen molar-refractivity contribution in [1.29, 1.82) is 0 Å². The summed E-state index contributed by atoms with van der Waals surface area (Å²) in [6, 6.07) is 1.35. The van der Waals surface area contributed by atoms with Gasteiger partial charge in [0.2, 0.25) is 0 Å². The average molecular weight is 211 g/mol. The highest BCUT2D eigenvalue weighted by Gasteiger charge is 2.23. The van der Waals surface area contributed by atoms with Crippen molar-refractivity contribution < 1.29 is 0 Å². The van der Waals surface area contributed by atoms with Crippen molar-refractivity contribution in [1.82, 2.24) is 10.3 Å². The van der Waals surface area contributed by atoms with Gasteiger partial charge < -0.3 is 11.1 Å². The third-order valence-electron chi connectivity index (χ3n) is 2.78. The number of hydrogen-bond donors (Lipinski definition) is 2. The highest BCUT2D eigenvalue weighted by molar-refractivity contribution is 7.09. The molecule has 14 heavy (non-hydrogen) atoms. The van der Waals surface area contributed by atoms with Gasteiger partial charge in [-0.05, 0) is 26.2 Å². The summed E-state index contributed by atoms with van der Waals surface area (Å²) in [6.07, 6.45) is 5.33. The first-order valence-electron chi connectivity index (χ1n) is 5.16. The van der Waals surface area contributed by atoms with Gasteiger partial charge in [-0.2, -0.15) is 0 Å². The predicted octanol–water partition coefficient (Wildman–Crippen LogP) is 1.67. The van der Waals surface area contributed by atoms with Crippen LogP contribution in [-0.4, -0.2) is 17.1 Å². The molecule has 1 fully saturated rings. The summed E-state index contributed by atoms with van der Waals surface area (Å²) in [6.45, 7) is 2.17. The van der Waals surface area contributed by atoms with E-state index < -0.39 is 0 Å². The van der Waals surface area contributed by atoms with Gasteiger partial charge in [-0.1, -0.05) is 0 Å². The van der Waals surface area contributed by atoms with Crippen molar-refractivity contribution in [3.05, 3.63) is 16.6 Å². The molecule has 3 N–H and O–H groups in total. The van der Waals surface area contributed by atoms with Crippen LogP contribution < -0.4 is 11.1 Å². The standard InChI is InChI=1S/C10H17N3S/c1-7(10-12-4-5-14-10)13-9-3-2-8(11)6-9/h4-5,7-9,13H,2-3,6,11H2,1H3. The maximum absolute atomic E-state index is 5.87. The van der Waals surface area contributed by atoms with Gasteiger partial charge >= 0.3 is 0 Å². The SMILES string of the molecule is CC(NC1CCC(N)C1)c1nccs1. The van der Waals surface area contributed by atoms with Gasteiger partial charge in [-0.15, -0.1) is 11.3 Å². The fourth-order valence-corrected chi connectivity index (χ4v) is 2.70. The second-order valence-electron chi connectivity index (χ2n) is 4.03. The molecule has 0 aliphatic heterocycles. The first kappa shape index (κ1) is 10.1. The molecule has 78 valence electrons. The Morgan fingerprint density at radius 2 is 2.50 bits per heavy atom. The van der Waals surface area contributed by atoms with Crippen LogP contribution in [0.15, 0.2) is 11.6 Å². The maximum Gasteiger partial charge on any atom is 0.109 e. The minimum atomic E-state index is 0.366. The molecule has 1 aliphatic carbocycles. The molecule has 1 saturated carbocycles. The Morgan fingerprint density at radius 1 is 1.64 bits per heavy atom. The minimum absolute atomic E-state index is 0.366. The maximum atomic E-state index is 5.87.